The van der Waals surface area contributed by atoms with Gasteiger partial charge in [0.05, 0.1) is 24.3 Å². The van der Waals surface area contributed by atoms with Crippen molar-refractivity contribution in [2.45, 2.75) is 25.5 Å². The molecule has 1 heterocycles. The van der Waals surface area contributed by atoms with E-state index in [4.69, 9.17) is 4.74 Å². The molecule has 0 radical (unpaired) electrons. The average Bonchev–Trinajstić information content (AvgIpc) is 2.57. The summed E-state index contributed by atoms with van der Waals surface area (Å²) in [4.78, 5) is 14.8. The lowest BCUT2D eigenvalue weighted by molar-refractivity contribution is -0.0464. The summed E-state index contributed by atoms with van der Waals surface area (Å²) in [6.45, 7) is 3.23. The van der Waals surface area contributed by atoms with E-state index in [1.54, 1.807) is 0 Å². The summed E-state index contributed by atoms with van der Waals surface area (Å²) < 4.78 is 6.77. The maximum atomic E-state index is 12.9. The molecular weight excluding hydrogens is 354 g/mol. The Hall–Kier alpha value is -1.65. The quantitative estimate of drug-likeness (QED) is 0.815. The highest BCUT2D eigenvalue weighted by Gasteiger charge is 2.30. The van der Waals surface area contributed by atoms with E-state index < -0.39 is 0 Å². The molecule has 0 aromatic heterocycles. The Kier molecular flexibility index (Phi) is 5.13. The van der Waals surface area contributed by atoms with Crippen LogP contribution in [0, 0.1) is 0 Å². The third kappa shape index (κ3) is 3.82. The smallest absolute Gasteiger partial charge is 0.255 e. The number of carbonyl (C=O) groups is 1. The lowest BCUT2D eigenvalue weighted by atomic mass is 10.0. The van der Waals surface area contributed by atoms with Crippen LogP contribution in [-0.4, -0.2) is 36.1 Å². The predicted molar refractivity (Wildman–Crippen MR) is 94.5 cm³/mol. The normalized spacial score (nSPS) is 21.2. The highest BCUT2D eigenvalue weighted by molar-refractivity contribution is 9.10. The van der Waals surface area contributed by atoms with E-state index in [-0.39, 0.29) is 18.1 Å². The van der Waals surface area contributed by atoms with Crippen LogP contribution in [0.4, 0.5) is 0 Å². The topological polar surface area (TPSA) is 29.5 Å². The number of rotatable bonds is 3. The van der Waals surface area contributed by atoms with Gasteiger partial charge in [0.15, 0.2) is 0 Å². The first-order chi connectivity index (χ1) is 11.1. The fourth-order valence-corrected chi connectivity index (χ4v) is 3.34. The average molecular weight is 374 g/mol. The van der Waals surface area contributed by atoms with Crippen molar-refractivity contribution in [3.8, 4) is 0 Å². The number of hydrogen-bond acceptors (Lipinski definition) is 2. The zero-order valence-electron chi connectivity index (χ0n) is 13.1. The number of amides is 1. The number of morpholine rings is 1. The van der Waals surface area contributed by atoms with Gasteiger partial charge >= 0.3 is 0 Å². The number of ether oxygens (including phenoxy) is 1. The van der Waals surface area contributed by atoms with E-state index >= 15 is 0 Å². The summed E-state index contributed by atoms with van der Waals surface area (Å²) in [5.74, 6) is 0.0614. The molecule has 3 nitrogen and oxygen atoms in total. The number of carbonyl (C=O) groups excluding carboxylic acids is 1. The third-order valence-corrected chi connectivity index (χ3v) is 4.87. The van der Waals surface area contributed by atoms with E-state index in [1.165, 1.54) is 5.56 Å². The van der Waals surface area contributed by atoms with E-state index in [9.17, 15) is 4.79 Å². The summed E-state index contributed by atoms with van der Waals surface area (Å²) in [7, 11) is 0. The maximum Gasteiger partial charge on any atom is 0.255 e. The van der Waals surface area contributed by atoms with Gasteiger partial charge in [0.1, 0.15) is 0 Å². The molecule has 1 aliphatic rings. The van der Waals surface area contributed by atoms with Crippen LogP contribution in [0.25, 0.3) is 0 Å². The second-order valence-electron chi connectivity index (χ2n) is 5.93. The highest BCUT2D eigenvalue weighted by atomic mass is 79.9. The van der Waals surface area contributed by atoms with Gasteiger partial charge in [-0.1, -0.05) is 42.5 Å². The van der Waals surface area contributed by atoms with Gasteiger partial charge in [0, 0.05) is 17.4 Å². The Morgan fingerprint density at radius 1 is 1.17 bits per heavy atom. The van der Waals surface area contributed by atoms with E-state index in [0.29, 0.717) is 18.7 Å². The SMILES string of the molecule is CC1COC(Cc2ccccc2)CN1C(=O)c1ccccc1Br. The molecule has 1 fully saturated rings. The van der Waals surface area contributed by atoms with Crippen LogP contribution >= 0.6 is 15.9 Å². The minimum Gasteiger partial charge on any atom is -0.374 e. The van der Waals surface area contributed by atoms with Crippen LogP contribution in [0.1, 0.15) is 22.8 Å². The molecular formula is C19H20BrNO2. The van der Waals surface area contributed by atoms with Crippen LogP contribution in [0.15, 0.2) is 59.1 Å². The molecule has 1 saturated heterocycles. The Labute approximate surface area is 145 Å². The molecule has 0 saturated carbocycles. The standard InChI is InChI=1S/C19H20BrNO2/c1-14-13-23-16(11-15-7-3-2-4-8-15)12-21(14)19(22)17-9-5-6-10-18(17)20/h2-10,14,16H,11-13H2,1H3. The zero-order chi connectivity index (χ0) is 16.2. The number of halogens is 1. The van der Waals surface area contributed by atoms with Gasteiger partial charge in [-0.3, -0.25) is 4.79 Å². The molecule has 1 amide bonds. The lowest BCUT2D eigenvalue weighted by Crippen LogP contribution is -2.51. The first kappa shape index (κ1) is 16.2. The Balaban J connectivity index is 1.73. The van der Waals surface area contributed by atoms with Crippen molar-refractivity contribution < 1.29 is 9.53 Å². The monoisotopic (exact) mass is 373 g/mol. The number of hydrogen-bond donors (Lipinski definition) is 0. The zero-order valence-corrected chi connectivity index (χ0v) is 14.7. The number of benzene rings is 2. The minimum atomic E-state index is 0.0417. The molecule has 0 aliphatic carbocycles. The first-order valence-corrected chi connectivity index (χ1v) is 8.65. The van der Waals surface area contributed by atoms with Gasteiger partial charge in [-0.15, -0.1) is 0 Å². The van der Waals surface area contributed by atoms with Crippen molar-refractivity contribution in [2.75, 3.05) is 13.2 Å². The van der Waals surface area contributed by atoms with Gasteiger partial charge in [0.25, 0.3) is 5.91 Å². The number of nitrogens with zero attached hydrogens (tertiary/aromatic N) is 1. The van der Waals surface area contributed by atoms with Gasteiger partial charge in [-0.2, -0.15) is 0 Å². The highest BCUT2D eigenvalue weighted by Crippen LogP contribution is 2.22. The van der Waals surface area contributed by atoms with E-state index in [2.05, 4.69) is 28.1 Å². The van der Waals surface area contributed by atoms with Crippen LogP contribution in [-0.2, 0) is 11.2 Å². The second kappa shape index (κ2) is 7.28. The van der Waals surface area contributed by atoms with Crippen LogP contribution < -0.4 is 0 Å². The fourth-order valence-electron chi connectivity index (χ4n) is 2.89. The Morgan fingerprint density at radius 3 is 2.61 bits per heavy atom. The summed E-state index contributed by atoms with van der Waals surface area (Å²) in [6, 6.07) is 17.9. The molecule has 2 aromatic rings. The van der Waals surface area contributed by atoms with Gasteiger partial charge in [-0.25, -0.2) is 0 Å². The van der Waals surface area contributed by atoms with Crippen molar-refractivity contribution in [1.29, 1.82) is 0 Å². The molecule has 0 spiro atoms. The summed E-state index contributed by atoms with van der Waals surface area (Å²) in [5.41, 5.74) is 1.94. The molecule has 2 unspecified atom stereocenters. The second-order valence-corrected chi connectivity index (χ2v) is 6.79. The molecule has 0 N–H and O–H groups in total. The van der Waals surface area contributed by atoms with E-state index in [0.717, 1.165) is 10.9 Å². The molecule has 0 bridgehead atoms. The Bertz CT molecular complexity index is 674. The molecule has 23 heavy (non-hydrogen) atoms. The van der Waals surface area contributed by atoms with Crippen LogP contribution in [0.2, 0.25) is 0 Å². The Morgan fingerprint density at radius 2 is 1.87 bits per heavy atom. The van der Waals surface area contributed by atoms with Crippen molar-refractivity contribution in [2.24, 2.45) is 0 Å². The molecule has 2 atom stereocenters. The van der Waals surface area contributed by atoms with Gasteiger partial charge < -0.3 is 9.64 Å². The summed E-state index contributed by atoms with van der Waals surface area (Å²) >= 11 is 3.47. The molecule has 120 valence electrons. The van der Waals surface area contributed by atoms with Gasteiger partial charge in [-0.05, 0) is 40.5 Å². The maximum absolute atomic E-state index is 12.9. The minimum absolute atomic E-state index is 0.0417. The molecule has 4 heteroatoms. The van der Waals surface area contributed by atoms with E-state index in [1.807, 2.05) is 54.3 Å². The van der Waals surface area contributed by atoms with Crippen molar-refractivity contribution in [3.63, 3.8) is 0 Å². The van der Waals surface area contributed by atoms with Gasteiger partial charge in [0.2, 0.25) is 0 Å². The molecule has 3 rings (SSSR count). The summed E-state index contributed by atoms with van der Waals surface area (Å²) in [5, 5.41) is 0. The molecule has 1 aliphatic heterocycles. The van der Waals surface area contributed by atoms with Crippen LogP contribution in [0.5, 0.6) is 0 Å². The summed E-state index contributed by atoms with van der Waals surface area (Å²) in [6.07, 6.45) is 0.868. The first-order valence-electron chi connectivity index (χ1n) is 7.86. The molecule has 2 aromatic carbocycles. The van der Waals surface area contributed by atoms with Crippen molar-refractivity contribution in [3.05, 3.63) is 70.2 Å². The van der Waals surface area contributed by atoms with Crippen LogP contribution in [0.3, 0.4) is 0 Å². The predicted octanol–water partition coefficient (Wildman–Crippen LogP) is 3.92. The lowest BCUT2D eigenvalue weighted by Gasteiger charge is -2.38. The van der Waals surface area contributed by atoms with Crippen molar-refractivity contribution >= 4 is 21.8 Å². The third-order valence-electron chi connectivity index (χ3n) is 4.18. The largest absolute Gasteiger partial charge is 0.374 e. The van der Waals surface area contributed by atoms with Crippen molar-refractivity contribution in [1.82, 2.24) is 4.90 Å². The fraction of sp³-hybridized carbons (Fsp3) is 0.316.